The average Bonchev–Trinajstić information content (AvgIpc) is 3.05. The van der Waals surface area contributed by atoms with E-state index in [1.54, 1.807) is 6.07 Å². The van der Waals surface area contributed by atoms with Crippen molar-refractivity contribution in [3.8, 4) is 11.8 Å². The Morgan fingerprint density at radius 1 is 0.971 bits per heavy atom. The summed E-state index contributed by atoms with van der Waals surface area (Å²) in [4.78, 5) is 9.25. The Kier molecular flexibility index (Phi) is 5.94. The first kappa shape index (κ1) is 25.1. The quantitative estimate of drug-likeness (QED) is 0.261. The van der Waals surface area contributed by atoms with Gasteiger partial charge in [0.15, 0.2) is 5.69 Å². The number of esters is 1. The van der Waals surface area contributed by atoms with Gasteiger partial charge < -0.3 is 15.0 Å². The van der Waals surface area contributed by atoms with Gasteiger partial charge in [0.2, 0.25) is 0 Å². The second-order valence-electron chi connectivity index (χ2n) is 6.67. The normalized spacial score (nSPS) is 12.4. The van der Waals surface area contributed by atoms with Crippen molar-refractivity contribution in [3.05, 3.63) is 41.7 Å². The molecule has 0 bridgehead atoms. The molecule has 0 saturated heterocycles. The minimum Gasteiger partial charge on any atom is -0.464 e. The fourth-order valence-electron chi connectivity index (χ4n) is 3.18. The van der Waals surface area contributed by atoms with Crippen LogP contribution in [0.15, 0.2) is 45.1 Å². The molecular weight excluding hydrogens is 518 g/mol. The number of hydrogen-bond donors (Lipinski definition) is 4. The fraction of sp³-hybridized carbons (Fsp3) is 0.0588. The van der Waals surface area contributed by atoms with Gasteiger partial charge in [-0.1, -0.05) is 0 Å². The predicted octanol–water partition coefficient (Wildman–Crippen LogP) is 0.611. The summed E-state index contributed by atoms with van der Waals surface area (Å²) in [6.07, 6.45) is 0.914. The number of nitriles is 1. The summed E-state index contributed by atoms with van der Waals surface area (Å²) >= 11 is 0. The molecule has 0 saturated carbocycles. The fourth-order valence-corrected chi connectivity index (χ4v) is 5.23. The zero-order valence-electron chi connectivity index (χ0n) is 16.7. The Balaban J connectivity index is 2.63. The van der Waals surface area contributed by atoms with Crippen molar-refractivity contribution < 1.29 is 48.4 Å². The Morgan fingerprint density at radius 2 is 1.56 bits per heavy atom. The molecule has 0 amide bonds. The summed E-state index contributed by atoms with van der Waals surface area (Å²) in [5.41, 5.74) is 3.90. The number of hydrogen-bond acceptors (Lipinski definition) is 10. The largest absolute Gasteiger partial charge is 0.464 e. The van der Waals surface area contributed by atoms with Crippen LogP contribution in [0.25, 0.3) is 16.5 Å². The maximum atomic E-state index is 12.3. The number of anilines is 1. The lowest BCUT2D eigenvalue weighted by molar-refractivity contribution is 0.0592. The molecule has 17 heteroatoms. The van der Waals surface area contributed by atoms with Gasteiger partial charge in [-0.25, -0.2) is 4.79 Å². The monoisotopic (exact) mass is 531 g/mol. The molecule has 3 rings (SSSR count). The molecular formula is C17H13N3O11S3. The highest BCUT2D eigenvalue weighted by Crippen LogP contribution is 2.35. The zero-order valence-corrected chi connectivity index (χ0v) is 19.1. The minimum absolute atomic E-state index is 0.307. The minimum atomic E-state index is -5.16. The van der Waals surface area contributed by atoms with Gasteiger partial charge in [0.25, 0.3) is 30.4 Å². The van der Waals surface area contributed by atoms with Crippen molar-refractivity contribution in [1.82, 2.24) is 4.57 Å². The number of aromatic nitrogens is 1. The van der Waals surface area contributed by atoms with Crippen LogP contribution >= 0.6 is 0 Å². The molecule has 5 N–H and O–H groups in total. The summed E-state index contributed by atoms with van der Waals surface area (Å²) in [5.74, 6) is -1.13. The van der Waals surface area contributed by atoms with Crippen molar-refractivity contribution in [1.29, 1.82) is 5.26 Å². The number of fused-ring (bicyclic) bond motifs is 1. The Labute approximate surface area is 192 Å². The van der Waals surface area contributed by atoms with Crippen LogP contribution in [0.4, 0.5) is 5.69 Å². The van der Waals surface area contributed by atoms with Gasteiger partial charge in [0, 0.05) is 11.6 Å². The number of carbonyl (C=O) groups is 1. The highest BCUT2D eigenvalue weighted by Gasteiger charge is 2.28. The van der Waals surface area contributed by atoms with Crippen LogP contribution in [0.5, 0.6) is 0 Å². The lowest BCUT2D eigenvalue weighted by Gasteiger charge is -2.15. The third-order valence-electron chi connectivity index (χ3n) is 4.62. The second kappa shape index (κ2) is 8.05. The van der Waals surface area contributed by atoms with E-state index in [1.807, 2.05) is 0 Å². The Morgan fingerprint density at radius 3 is 2.03 bits per heavy atom. The highest BCUT2D eigenvalue weighted by atomic mass is 32.2. The van der Waals surface area contributed by atoms with Crippen LogP contribution in [0.3, 0.4) is 0 Å². The first-order valence-electron chi connectivity index (χ1n) is 8.54. The molecule has 0 fully saturated rings. The molecule has 34 heavy (non-hydrogen) atoms. The molecule has 0 atom stereocenters. The molecule has 2 aromatic carbocycles. The van der Waals surface area contributed by atoms with Crippen LogP contribution in [0, 0.1) is 11.3 Å². The van der Waals surface area contributed by atoms with Crippen molar-refractivity contribution in [2.75, 3.05) is 12.8 Å². The van der Waals surface area contributed by atoms with Gasteiger partial charge in [-0.15, -0.1) is 0 Å². The van der Waals surface area contributed by atoms with Crippen LogP contribution < -0.4 is 5.73 Å². The standard InChI is InChI=1S/C17H13N3O11S3/c1-31-17(21)16-15(19)9(6-18)7-20(16)12-5-11-8(3-14(12)34(28,29)30)2-10(32(22,23)24)4-13(11)33(25,26)27/h2-5,7H,19H2,1H3,(H,22,23,24)(H,25,26,27)(H,28,29,30). The smallest absolute Gasteiger partial charge is 0.357 e. The summed E-state index contributed by atoms with van der Waals surface area (Å²) in [5, 5.41) is 8.33. The summed E-state index contributed by atoms with van der Waals surface area (Å²) in [6, 6.07) is 4.17. The number of benzene rings is 2. The summed E-state index contributed by atoms with van der Waals surface area (Å²) in [6.45, 7) is 0. The van der Waals surface area contributed by atoms with Crippen molar-refractivity contribution >= 4 is 52.8 Å². The van der Waals surface area contributed by atoms with Crippen LogP contribution in [-0.2, 0) is 35.1 Å². The predicted molar refractivity (Wildman–Crippen MR) is 113 cm³/mol. The highest BCUT2D eigenvalue weighted by molar-refractivity contribution is 7.87. The van der Waals surface area contributed by atoms with E-state index >= 15 is 0 Å². The number of methoxy groups -OCH3 is 1. The van der Waals surface area contributed by atoms with Crippen molar-refractivity contribution in [2.24, 2.45) is 0 Å². The second-order valence-corrected chi connectivity index (χ2v) is 10.9. The van der Waals surface area contributed by atoms with Gasteiger partial charge >= 0.3 is 5.97 Å². The first-order valence-corrected chi connectivity index (χ1v) is 12.9. The van der Waals surface area contributed by atoms with Crippen molar-refractivity contribution in [2.45, 2.75) is 14.7 Å². The van der Waals surface area contributed by atoms with E-state index in [9.17, 15) is 49.0 Å². The lowest BCUT2D eigenvalue weighted by Crippen LogP contribution is -2.14. The molecule has 0 aliphatic heterocycles. The molecule has 0 radical (unpaired) electrons. The molecule has 0 unspecified atom stereocenters. The molecule has 14 nitrogen and oxygen atoms in total. The molecule has 1 heterocycles. The number of ether oxygens (including phenoxy) is 1. The number of nitrogens with two attached hydrogens (primary N) is 1. The maximum Gasteiger partial charge on any atom is 0.357 e. The van der Waals surface area contributed by atoms with Gasteiger partial charge in [0.1, 0.15) is 15.9 Å². The van der Waals surface area contributed by atoms with Crippen molar-refractivity contribution in [3.63, 3.8) is 0 Å². The number of nitrogens with zero attached hydrogens (tertiary/aromatic N) is 2. The number of nitrogen functional groups attached to an aromatic ring is 1. The summed E-state index contributed by atoms with van der Waals surface area (Å²) in [7, 11) is -14.4. The van der Waals surface area contributed by atoms with E-state index in [-0.39, 0.29) is 5.56 Å². The SMILES string of the molecule is COC(=O)c1c(N)c(C#N)cn1-c1cc2c(S(=O)(=O)O)cc(S(=O)(=O)O)cc2cc1S(=O)(=O)O. The maximum absolute atomic E-state index is 12.3. The topological polar surface area (TPSA) is 244 Å². The molecule has 0 aliphatic carbocycles. The van der Waals surface area contributed by atoms with E-state index in [0.717, 1.165) is 23.9 Å². The van der Waals surface area contributed by atoms with E-state index in [1.165, 1.54) is 0 Å². The third kappa shape index (κ3) is 4.33. The van der Waals surface area contributed by atoms with Gasteiger partial charge in [0.05, 0.1) is 28.9 Å². The van der Waals surface area contributed by atoms with Gasteiger partial charge in [-0.3, -0.25) is 13.7 Å². The Bertz CT molecular complexity index is 1750. The van der Waals surface area contributed by atoms with Crippen LogP contribution in [0.1, 0.15) is 16.1 Å². The average molecular weight is 532 g/mol. The Hall–Kier alpha value is -3.53. The van der Waals surface area contributed by atoms with E-state index in [4.69, 9.17) is 5.73 Å². The first-order chi connectivity index (χ1) is 15.5. The van der Waals surface area contributed by atoms with E-state index < -0.39 is 78.9 Å². The van der Waals surface area contributed by atoms with Crippen LogP contribution in [0.2, 0.25) is 0 Å². The van der Waals surface area contributed by atoms with Gasteiger partial charge in [-0.05, 0) is 29.7 Å². The van der Waals surface area contributed by atoms with E-state index in [0.29, 0.717) is 18.2 Å². The van der Waals surface area contributed by atoms with E-state index in [2.05, 4.69) is 4.74 Å². The molecule has 0 spiro atoms. The number of carbonyl (C=O) groups excluding carboxylic acids is 1. The van der Waals surface area contributed by atoms with Gasteiger partial charge in [-0.2, -0.15) is 30.5 Å². The lowest BCUT2D eigenvalue weighted by atomic mass is 10.1. The van der Waals surface area contributed by atoms with Crippen LogP contribution in [-0.4, -0.2) is 56.6 Å². The summed E-state index contributed by atoms with van der Waals surface area (Å²) < 4.78 is 105. The zero-order chi connectivity index (χ0) is 25.8. The third-order valence-corrected chi connectivity index (χ3v) is 7.23. The molecule has 3 aromatic rings. The molecule has 1 aromatic heterocycles. The molecule has 0 aliphatic rings. The molecule has 180 valence electrons. The number of rotatable bonds is 5.